The van der Waals surface area contributed by atoms with Gasteiger partial charge in [-0.25, -0.2) is 14.2 Å². The molecule has 1 unspecified atom stereocenters. The molecular weight excluding hydrogens is 592 g/mol. The maximum Gasteiger partial charge on any atom is 0.338 e. The van der Waals surface area contributed by atoms with Crippen LogP contribution in [0.25, 0.3) is 6.08 Å². The average Bonchev–Trinajstić information content (AvgIpc) is 3.10. The molecule has 0 fully saturated rings. The lowest BCUT2D eigenvalue weighted by molar-refractivity contribution is -0.386. The van der Waals surface area contributed by atoms with Crippen molar-refractivity contribution in [1.82, 2.24) is 4.57 Å². The molecule has 0 amide bonds. The molecule has 35 heavy (non-hydrogen) atoms. The fourth-order valence-corrected chi connectivity index (χ4v) is 5.41. The van der Waals surface area contributed by atoms with Crippen LogP contribution < -0.4 is 14.9 Å². The number of aromatic nitrogens is 1. The van der Waals surface area contributed by atoms with E-state index >= 15 is 0 Å². The maximum atomic E-state index is 13.6. The Morgan fingerprint density at radius 2 is 2.06 bits per heavy atom. The molecule has 0 aliphatic carbocycles. The van der Waals surface area contributed by atoms with Gasteiger partial charge in [-0.05, 0) is 71.8 Å². The second kappa shape index (κ2) is 9.70. The lowest BCUT2D eigenvalue weighted by Crippen LogP contribution is -2.39. The van der Waals surface area contributed by atoms with Gasteiger partial charge in [-0.15, -0.1) is 0 Å². The van der Waals surface area contributed by atoms with Crippen molar-refractivity contribution in [1.29, 1.82) is 0 Å². The molecule has 4 rings (SSSR count). The standard InChI is InChI=1S/C23H17FIN3O6S/c1-3-34-22(31)18-11(2)26-23-27(19(18)13-4-6-14(24)7-5-13)21(30)17(35-23)10-12-8-15(25)20(29)16(9-12)28(32)33/h4-10,19,29H,3H2,1-2H3. The Labute approximate surface area is 214 Å². The van der Waals surface area contributed by atoms with Gasteiger partial charge in [0.25, 0.3) is 5.56 Å². The summed E-state index contributed by atoms with van der Waals surface area (Å²) in [4.78, 5) is 41.7. The van der Waals surface area contributed by atoms with E-state index in [1.54, 1.807) is 36.4 Å². The summed E-state index contributed by atoms with van der Waals surface area (Å²) in [5.74, 6) is -1.57. The Bertz CT molecular complexity index is 1580. The normalized spacial score (nSPS) is 15.5. The number of halogens is 2. The first-order chi connectivity index (χ1) is 16.6. The van der Waals surface area contributed by atoms with Gasteiger partial charge in [0.05, 0.1) is 36.9 Å². The summed E-state index contributed by atoms with van der Waals surface area (Å²) in [6, 6.07) is 7.22. The SMILES string of the molecule is CCOC(=O)C1=C(C)N=c2sc(=Cc3cc(I)c(O)c([N+](=O)[O-])c3)c(=O)n2C1c1ccc(F)cc1. The zero-order valence-corrected chi connectivity index (χ0v) is 21.3. The summed E-state index contributed by atoms with van der Waals surface area (Å²) in [7, 11) is 0. The van der Waals surface area contributed by atoms with E-state index in [0.717, 1.165) is 11.3 Å². The zero-order valence-electron chi connectivity index (χ0n) is 18.3. The number of fused-ring (bicyclic) bond motifs is 1. The number of carbonyl (C=O) groups is 1. The predicted molar refractivity (Wildman–Crippen MR) is 134 cm³/mol. The van der Waals surface area contributed by atoms with Crippen molar-refractivity contribution < 1.29 is 24.0 Å². The van der Waals surface area contributed by atoms with E-state index in [0.29, 0.717) is 21.6 Å². The number of phenolic OH excluding ortho intramolecular Hbond substituents is 1. The van der Waals surface area contributed by atoms with Crippen LogP contribution in [0.1, 0.15) is 31.0 Å². The van der Waals surface area contributed by atoms with Gasteiger partial charge in [0.2, 0.25) is 5.75 Å². The minimum Gasteiger partial charge on any atom is -0.501 e. The van der Waals surface area contributed by atoms with E-state index in [1.165, 1.54) is 47.0 Å². The Morgan fingerprint density at radius 1 is 1.37 bits per heavy atom. The van der Waals surface area contributed by atoms with E-state index < -0.39 is 39.7 Å². The number of rotatable bonds is 5. The first-order valence-corrected chi connectivity index (χ1v) is 12.1. The summed E-state index contributed by atoms with van der Waals surface area (Å²) in [5.41, 5.74) is 0.381. The van der Waals surface area contributed by atoms with Gasteiger partial charge in [0.15, 0.2) is 4.80 Å². The molecule has 0 radical (unpaired) electrons. The van der Waals surface area contributed by atoms with Crippen LogP contribution in [0.2, 0.25) is 0 Å². The maximum absolute atomic E-state index is 13.6. The van der Waals surface area contributed by atoms with E-state index in [9.17, 15) is 29.2 Å². The van der Waals surface area contributed by atoms with Gasteiger partial charge in [0, 0.05) is 6.07 Å². The molecule has 1 aliphatic heterocycles. The summed E-state index contributed by atoms with van der Waals surface area (Å²) < 4.78 is 20.6. The fourth-order valence-electron chi connectivity index (χ4n) is 3.73. The Morgan fingerprint density at radius 3 is 2.69 bits per heavy atom. The smallest absolute Gasteiger partial charge is 0.338 e. The first-order valence-electron chi connectivity index (χ1n) is 10.2. The third-order valence-corrected chi connectivity index (χ3v) is 7.07. The number of hydrogen-bond donors (Lipinski definition) is 1. The number of allylic oxidation sites excluding steroid dienone is 1. The topological polar surface area (TPSA) is 124 Å². The van der Waals surface area contributed by atoms with Crippen molar-refractivity contribution in [2.75, 3.05) is 6.61 Å². The lowest BCUT2D eigenvalue weighted by atomic mass is 9.96. The van der Waals surface area contributed by atoms with E-state index in [4.69, 9.17) is 4.74 Å². The number of thiazole rings is 1. The number of ether oxygens (including phenoxy) is 1. The van der Waals surface area contributed by atoms with Gasteiger partial charge in [-0.1, -0.05) is 23.5 Å². The van der Waals surface area contributed by atoms with Crippen LogP contribution in [0.4, 0.5) is 10.1 Å². The minimum atomic E-state index is -0.901. The zero-order chi connectivity index (χ0) is 25.4. The lowest BCUT2D eigenvalue weighted by Gasteiger charge is -2.24. The molecule has 1 atom stereocenters. The van der Waals surface area contributed by atoms with Crippen molar-refractivity contribution in [2.24, 2.45) is 4.99 Å². The molecule has 1 N–H and O–H groups in total. The average molecular weight is 609 g/mol. The highest BCUT2D eigenvalue weighted by molar-refractivity contribution is 14.1. The van der Waals surface area contributed by atoms with Crippen LogP contribution in [0.3, 0.4) is 0 Å². The number of nitro benzene ring substituents is 1. The number of phenols is 1. The molecule has 0 spiro atoms. The Balaban J connectivity index is 1.96. The Kier molecular flexibility index (Phi) is 6.85. The molecule has 12 heteroatoms. The highest BCUT2D eigenvalue weighted by Gasteiger charge is 2.33. The number of nitro groups is 1. The van der Waals surface area contributed by atoms with Crippen LogP contribution in [0.5, 0.6) is 5.75 Å². The van der Waals surface area contributed by atoms with Crippen molar-refractivity contribution in [3.8, 4) is 5.75 Å². The Hall–Kier alpha value is -3.39. The van der Waals surface area contributed by atoms with Crippen molar-refractivity contribution in [3.63, 3.8) is 0 Å². The third kappa shape index (κ3) is 4.62. The second-order valence-corrected chi connectivity index (χ2v) is 9.65. The third-order valence-electron chi connectivity index (χ3n) is 5.26. The molecule has 0 bridgehead atoms. The molecule has 9 nitrogen and oxygen atoms in total. The molecule has 0 saturated carbocycles. The fraction of sp³-hybridized carbons (Fsp3) is 0.174. The van der Waals surface area contributed by atoms with E-state index in [1.807, 2.05) is 0 Å². The molecule has 2 aromatic carbocycles. The predicted octanol–water partition coefficient (Wildman–Crippen LogP) is 3.16. The molecule has 180 valence electrons. The minimum absolute atomic E-state index is 0.119. The number of carbonyl (C=O) groups excluding carboxylic acids is 1. The monoisotopic (exact) mass is 609 g/mol. The number of hydrogen-bond acceptors (Lipinski definition) is 8. The molecular formula is C23H17FIN3O6S. The van der Waals surface area contributed by atoms with Gasteiger partial charge in [-0.3, -0.25) is 19.5 Å². The number of benzene rings is 2. The largest absolute Gasteiger partial charge is 0.501 e. The van der Waals surface area contributed by atoms with Crippen molar-refractivity contribution in [2.45, 2.75) is 19.9 Å². The quantitative estimate of drug-likeness (QED) is 0.205. The second-order valence-electron chi connectivity index (χ2n) is 7.48. The van der Waals surface area contributed by atoms with E-state index in [-0.39, 0.29) is 20.3 Å². The van der Waals surface area contributed by atoms with Gasteiger partial charge < -0.3 is 9.84 Å². The summed E-state index contributed by atoms with van der Waals surface area (Å²) in [6.07, 6.45) is 1.46. The van der Waals surface area contributed by atoms with Gasteiger partial charge >= 0.3 is 11.7 Å². The van der Waals surface area contributed by atoms with Crippen LogP contribution >= 0.6 is 33.9 Å². The molecule has 3 aromatic rings. The van der Waals surface area contributed by atoms with Crippen LogP contribution in [-0.2, 0) is 9.53 Å². The molecule has 2 heterocycles. The molecule has 1 aromatic heterocycles. The van der Waals surface area contributed by atoms with E-state index in [2.05, 4.69) is 4.99 Å². The summed E-state index contributed by atoms with van der Waals surface area (Å²) in [5, 5.41) is 21.3. The number of nitrogens with zero attached hydrogens (tertiary/aromatic N) is 3. The summed E-state index contributed by atoms with van der Waals surface area (Å²) in [6.45, 7) is 3.41. The summed E-state index contributed by atoms with van der Waals surface area (Å²) >= 11 is 2.82. The van der Waals surface area contributed by atoms with Crippen LogP contribution in [0.15, 0.2) is 57.5 Å². The highest BCUT2D eigenvalue weighted by atomic mass is 127. The van der Waals surface area contributed by atoms with Crippen LogP contribution in [-0.4, -0.2) is 27.2 Å². The number of aromatic hydroxyl groups is 1. The molecule has 1 aliphatic rings. The van der Waals surface area contributed by atoms with Gasteiger partial charge in [0.1, 0.15) is 5.82 Å². The van der Waals surface area contributed by atoms with Crippen molar-refractivity contribution >= 4 is 51.7 Å². The molecule has 0 saturated heterocycles. The number of esters is 1. The van der Waals surface area contributed by atoms with Gasteiger partial charge in [-0.2, -0.15) is 0 Å². The first kappa shape index (κ1) is 24.7. The highest BCUT2D eigenvalue weighted by Crippen LogP contribution is 2.33. The van der Waals surface area contributed by atoms with Crippen LogP contribution in [0, 0.1) is 19.5 Å². The van der Waals surface area contributed by atoms with Crippen molar-refractivity contribution in [3.05, 3.63) is 98.0 Å².